The highest BCUT2D eigenvalue weighted by Gasteiger charge is 2.40. The summed E-state index contributed by atoms with van der Waals surface area (Å²) in [5, 5.41) is 18.3. The number of ether oxygens (including phenoxy) is 1. The Labute approximate surface area is 120 Å². The van der Waals surface area contributed by atoms with E-state index < -0.39 is 29.7 Å². The summed E-state index contributed by atoms with van der Waals surface area (Å²) in [5.74, 6) is -3.61. The SMILES string of the molecule is CCN(C(=O)c1ccc(O)cc1F)C1COCC1C(=O)O. The lowest BCUT2D eigenvalue weighted by molar-refractivity contribution is -0.142. The Balaban J connectivity index is 2.28. The average Bonchev–Trinajstić information content (AvgIpc) is 2.88. The first-order valence-electron chi connectivity index (χ1n) is 6.55. The summed E-state index contributed by atoms with van der Waals surface area (Å²) < 4.78 is 18.9. The monoisotopic (exact) mass is 297 g/mol. The fraction of sp³-hybridized carbons (Fsp3) is 0.429. The van der Waals surface area contributed by atoms with E-state index >= 15 is 0 Å². The van der Waals surface area contributed by atoms with Crippen LogP contribution in [0.1, 0.15) is 17.3 Å². The van der Waals surface area contributed by atoms with Gasteiger partial charge in [0.1, 0.15) is 17.5 Å². The fourth-order valence-electron chi connectivity index (χ4n) is 2.45. The van der Waals surface area contributed by atoms with Crippen molar-refractivity contribution in [3.63, 3.8) is 0 Å². The molecule has 0 radical (unpaired) electrons. The van der Waals surface area contributed by atoms with Gasteiger partial charge in [-0.1, -0.05) is 0 Å². The number of carboxylic acid groups (broad SMARTS) is 1. The quantitative estimate of drug-likeness (QED) is 0.869. The number of rotatable bonds is 4. The molecule has 6 nitrogen and oxygen atoms in total. The van der Waals surface area contributed by atoms with Crippen LogP contribution in [0.2, 0.25) is 0 Å². The Morgan fingerprint density at radius 1 is 1.43 bits per heavy atom. The van der Waals surface area contributed by atoms with Gasteiger partial charge in [0.2, 0.25) is 0 Å². The standard InChI is InChI=1S/C14H16FNO5/c1-2-16(12-7-21-6-10(12)14(19)20)13(18)9-4-3-8(17)5-11(9)15/h3-5,10,12,17H,2,6-7H2,1H3,(H,19,20). The number of likely N-dealkylation sites (N-methyl/N-ethyl adjacent to an activating group) is 1. The van der Waals surface area contributed by atoms with E-state index in [0.29, 0.717) is 0 Å². The summed E-state index contributed by atoms with van der Waals surface area (Å²) in [5.41, 5.74) is -0.203. The first-order chi connectivity index (χ1) is 9.95. The number of hydrogen-bond acceptors (Lipinski definition) is 4. The smallest absolute Gasteiger partial charge is 0.311 e. The van der Waals surface area contributed by atoms with E-state index in [1.54, 1.807) is 6.92 Å². The number of amides is 1. The number of halogens is 1. The van der Waals surface area contributed by atoms with Crippen molar-refractivity contribution in [3.05, 3.63) is 29.6 Å². The van der Waals surface area contributed by atoms with Crippen LogP contribution in [-0.2, 0) is 9.53 Å². The molecule has 1 saturated heterocycles. The van der Waals surface area contributed by atoms with Crippen molar-refractivity contribution in [2.75, 3.05) is 19.8 Å². The van der Waals surface area contributed by atoms with Gasteiger partial charge in [-0.15, -0.1) is 0 Å². The van der Waals surface area contributed by atoms with Crippen LogP contribution in [0.25, 0.3) is 0 Å². The molecule has 1 fully saturated rings. The Kier molecular flexibility index (Phi) is 4.42. The van der Waals surface area contributed by atoms with Crippen LogP contribution in [-0.4, -0.2) is 52.8 Å². The zero-order valence-corrected chi connectivity index (χ0v) is 11.5. The van der Waals surface area contributed by atoms with Gasteiger partial charge in [0, 0.05) is 12.6 Å². The van der Waals surface area contributed by atoms with E-state index in [-0.39, 0.29) is 31.1 Å². The number of carbonyl (C=O) groups excluding carboxylic acids is 1. The molecule has 1 amide bonds. The predicted octanol–water partition coefficient (Wildman–Crippen LogP) is 1.09. The van der Waals surface area contributed by atoms with Crippen molar-refractivity contribution < 1.29 is 28.9 Å². The number of aromatic hydroxyl groups is 1. The first kappa shape index (κ1) is 15.2. The zero-order chi connectivity index (χ0) is 15.6. The molecule has 2 N–H and O–H groups in total. The number of aliphatic carboxylic acids is 1. The van der Waals surface area contributed by atoms with E-state index in [9.17, 15) is 19.1 Å². The van der Waals surface area contributed by atoms with Crippen molar-refractivity contribution in [1.82, 2.24) is 4.90 Å². The van der Waals surface area contributed by atoms with Gasteiger partial charge in [-0.05, 0) is 19.1 Å². The number of phenols is 1. The molecule has 1 heterocycles. The zero-order valence-electron chi connectivity index (χ0n) is 11.5. The van der Waals surface area contributed by atoms with Crippen LogP contribution >= 0.6 is 0 Å². The molecule has 1 aliphatic heterocycles. The van der Waals surface area contributed by atoms with Crippen molar-refractivity contribution in [2.24, 2.45) is 5.92 Å². The summed E-state index contributed by atoms with van der Waals surface area (Å²) in [6.07, 6.45) is 0. The minimum Gasteiger partial charge on any atom is -0.508 e. The summed E-state index contributed by atoms with van der Waals surface area (Å²) in [6, 6.07) is 2.61. The maximum absolute atomic E-state index is 13.8. The maximum Gasteiger partial charge on any atom is 0.311 e. The Morgan fingerprint density at radius 3 is 2.71 bits per heavy atom. The first-order valence-corrected chi connectivity index (χ1v) is 6.55. The van der Waals surface area contributed by atoms with Crippen LogP contribution < -0.4 is 0 Å². The predicted molar refractivity (Wildman–Crippen MR) is 70.5 cm³/mol. The number of hydrogen-bond donors (Lipinski definition) is 2. The van der Waals surface area contributed by atoms with E-state index in [0.717, 1.165) is 6.07 Å². The Bertz CT molecular complexity index is 562. The normalized spacial score (nSPS) is 21.2. The topological polar surface area (TPSA) is 87.1 Å². The fourth-order valence-corrected chi connectivity index (χ4v) is 2.45. The number of nitrogens with zero attached hydrogens (tertiary/aromatic N) is 1. The lowest BCUT2D eigenvalue weighted by atomic mass is 10.0. The number of benzene rings is 1. The largest absolute Gasteiger partial charge is 0.508 e. The molecule has 114 valence electrons. The minimum atomic E-state index is -1.05. The van der Waals surface area contributed by atoms with Gasteiger partial charge in [-0.25, -0.2) is 4.39 Å². The van der Waals surface area contributed by atoms with Crippen molar-refractivity contribution in [2.45, 2.75) is 13.0 Å². The van der Waals surface area contributed by atoms with E-state index in [2.05, 4.69) is 0 Å². The third kappa shape index (κ3) is 2.97. The van der Waals surface area contributed by atoms with Gasteiger partial charge in [0.25, 0.3) is 5.91 Å². The van der Waals surface area contributed by atoms with Crippen LogP contribution in [0.5, 0.6) is 5.75 Å². The molecule has 0 spiro atoms. The molecule has 1 aromatic rings. The molecule has 2 atom stereocenters. The molecule has 0 saturated carbocycles. The van der Waals surface area contributed by atoms with Gasteiger partial charge in [0.05, 0.1) is 24.8 Å². The molecular formula is C14H16FNO5. The highest BCUT2D eigenvalue weighted by Crippen LogP contribution is 2.24. The van der Waals surface area contributed by atoms with E-state index in [1.165, 1.54) is 17.0 Å². The summed E-state index contributed by atoms with van der Waals surface area (Å²) in [4.78, 5) is 24.9. The second kappa shape index (κ2) is 6.09. The second-order valence-electron chi connectivity index (χ2n) is 4.80. The van der Waals surface area contributed by atoms with Gasteiger partial charge in [-0.3, -0.25) is 9.59 Å². The molecule has 1 aromatic carbocycles. The number of phenolic OH excluding ortho intramolecular Hbond substituents is 1. The minimum absolute atomic E-state index is 0.0296. The van der Waals surface area contributed by atoms with Crippen molar-refractivity contribution >= 4 is 11.9 Å². The van der Waals surface area contributed by atoms with Crippen molar-refractivity contribution in [3.8, 4) is 5.75 Å². The van der Waals surface area contributed by atoms with Crippen LogP contribution in [0.4, 0.5) is 4.39 Å². The molecule has 0 aromatic heterocycles. The van der Waals surface area contributed by atoms with Gasteiger partial charge in [0.15, 0.2) is 0 Å². The maximum atomic E-state index is 13.8. The van der Waals surface area contributed by atoms with Crippen LogP contribution in [0.15, 0.2) is 18.2 Å². The molecule has 7 heteroatoms. The number of carbonyl (C=O) groups is 2. The molecule has 0 aliphatic carbocycles. The van der Waals surface area contributed by atoms with E-state index in [1.807, 2.05) is 0 Å². The van der Waals surface area contributed by atoms with Gasteiger partial charge < -0.3 is 19.8 Å². The average molecular weight is 297 g/mol. The third-order valence-corrected chi connectivity index (χ3v) is 3.55. The molecular weight excluding hydrogens is 281 g/mol. The molecule has 2 unspecified atom stereocenters. The second-order valence-corrected chi connectivity index (χ2v) is 4.80. The lowest BCUT2D eigenvalue weighted by Crippen LogP contribution is -2.46. The van der Waals surface area contributed by atoms with Crippen LogP contribution in [0.3, 0.4) is 0 Å². The van der Waals surface area contributed by atoms with E-state index in [4.69, 9.17) is 9.84 Å². The highest BCUT2D eigenvalue weighted by molar-refractivity contribution is 5.95. The number of carboxylic acids is 1. The molecule has 2 rings (SSSR count). The summed E-state index contributed by atoms with van der Waals surface area (Å²) in [7, 11) is 0. The summed E-state index contributed by atoms with van der Waals surface area (Å²) in [6.45, 7) is 2.06. The Morgan fingerprint density at radius 2 is 2.14 bits per heavy atom. The molecule has 21 heavy (non-hydrogen) atoms. The van der Waals surface area contributed by atoms with Crippen molar-refractivity contribution in [1.29, 1.82) is 0 Å². The van der Waals surface area contributed by atoms with Gasteiger partial charge >= 0.3 is 5.97 Å². The highest BCUT2D eigenvalue weighted by atomic mass is 19.1. The molecule has 1 aliphatic rings. The Hall–Kier alpha value is -2.15. The third-order valence-electron chi connectivity index (χ3n) is 3.55. The lowest BCUT2D eigenvalue weighted by Gasteiger charge is -2.29. The summed E-state index contributed by atoms with van der Waals surface area (Å²) >= 11 is 0. The molecule has 0 bridgehead atoms. The van der Waals surface area contributed by atoms with Gasteiger partial charge in [-0.2, -0.15) is 0 Å². The van der Waals surface area contributed by atoms with Crippen LogP contribution in [0, 0.1) is 11.7 Å².